The van der Waals surface area contributed by atoms with E-state index in [-0.39, 0.29) is 4.90 Å². The zero-order valence-corrected chi connectivity index (χ0v) is 13.4. The van der Waals surface area contributed by atoms with Gasteiger partial charge < -0.3 is 9.84 Å². The summed E-state index contributed by atoms with van der Waals surface area (Å²) in [5.74, 6) is -2.05. The fourth-order valence-corrected chi connectivity index (χ4v) is 3.79. The Bertz CT molecular complexity index is 708. The molecule has 0 aromatic heterocycles. The quantitative estimate of drug-likeness (QED) is 0.829. The normalized spacial score (nSPS) is 23.0. The van der Waals surface area contributed by atoms with Crippen molar-refractivity contribution in [2.45, 2.75) is 36.8 Å². The van der Waals surface area contributed by atoms with Gasteiger partial charge in [-0.2, -0.15) is 9.98 Å². The minimum absolute atomic E-state index is 0.0143. The summed E-state index contributed by atoms with van der Waals surface area (Å²) in [6.45, 7) is 2.19. The van der Waals surface area contributed by atoms with Crippen molar-refractivity contribution in [2.24, 2.45) is 5.92 Å². The number of hydrogen-bond acceptors (Lipinski definition) is 5. The van der Waals surface area contributed by atoms with Crippen LogP contribution in [0.5, 0.6) is 0 Å². The second-order valence-electron chi connectivity index (χ2n) is 5.48. The molecule has 0 bridgehead atoms. The standard InChI is InChI=1S/C15H18N2O5S/c1-10-4-6-11(7-5-10)23(20,21)17-14(15(18)19)12-3-2-8-22-13(12)9-16/h4-7,12-14,17H,2-3,8H2,1H3,(H,18,19)/t12-,13-,14?/m1/s1. The molecular weight excluding hydrogens is 320 g/mol. The van der Waals surface area contributed by atoms with Crippen molar-refractivity contribution in [1.82, 2.24) is 4.72 Å². The van der Waals surface area contributed by atoms with Gasteiger partial charge in [-0.3, -0.25) is 4.79 Å². The highest BCUT2D eigenvalue weighted by Gasteiger charge is 2.39. The fraction of sp³-hybridized carbons (Fsp3) is 0.467. The number of sulfonamides is 1. The van der Waals surface area contributed by atoms with Crippen molar-refractivity contribution in [1.29, 1.82) is 5.26 Å². The first kappa shape index (κ1) is 17.4. The van der Waals surface area contributed by atoms with Crippen molar-refractivity contribution in [3.63, 3.8) is 0 Å². The number of carbonyl (C=O) groups is 1. The molecule has 1 aromatic rings. The summed E-state index contributed by atoms with van der Waals surface area (Å²) in [7, 11) is -4.00. The van der Waals surface area contributed by atoms with Crippen LogP contribution in [-0.4, -0.2) is 38.2 Å². The first-order valence-electron chi connectivity index (χ1n) is 7.18. The van der Waals surface area contributed by atoms with Gasteiger partial charge in [0.15, 0.2) is 0 Å². The number of nitrogens with zero attached hydrogens (tertiary/aromatic N) is 1. The van der Waals surface area contributed by atoms with E-state index in [0.717, 1.165) is 5.56 Å². The summed E-state index contributed by atoms with van der Waals surface area (Å²) in [5.41, 5.74) is 0.893. The molecule has 1 aliphatic heterocycles. The molecule has 124 valence electrons. The summed E-state index contributed by atoms with van der Waals surface area (Å²) in [6, 6.07) is 6.58. The molecule has 0 saturated carbocycles. The van der Waals surface area contributed by atoms with E-state index < -0.39 is 34.1 Å². The van der Waals surface area contributed by atoms with E-state index in [0.29, 0.717) is 19.4 Å². The minimum Gasteiger partial charge on any atom is -0.480 e. The third-order valence-electron chi connectivity index (χ3n) is 3.80. The topological polar surface area (TPSA) is 116 Å². The van der Waals surface area contributed by atoms with Crippen LogP contribution in [0, 0.1) is 24.2 Å². The number of aliphatic carboxylic acids is 1. The summed E-state index contributed by atoms with van der Waals surface area (Å²) < 4.78 is 32.2. The van der Waals surface area contributed by atoms with Gasteiger partial charge in [-0.25, -0.2) is 8.42 Å². The number of carboxylic acids is 1. The van der Waals surface area contributed by atoms with Gasteiger partial charge in [-0.15, -0.1) is 0 Å². The molecule has 7 nitrogen and oxygen atoms in total. The van der Waals surface area contributed by atoms with Crippen LogP contribution in [0.15, 0.2) is 29.2 Å². The molecule has 1 fully saturated rings. The van der Waals surface area contributed by atoms with Crippen molar-refractivity contribution in [3.05, 3.63) is 29.8 Å². The van der Waals surface area contributed by atoms with Crippen LogP contribution in [0.25, 0.3) is 0 Å². The smallest absolute Gasteiger partial charge is 0.322 e. The molecule has 1 saturated heterocycles. The van der Waals surface area contributed by atoms with E-state index in [9.17, 15) is 18.3 Å². The maximum Gasteiger partial charge on any atom is 0.322 e. The Kier molecular flexibility index (Phi) is 5.36. The van der Waals surface area contributed by atoms with Crippen molar-refractivity contribution in [3.8, 4) is 6.07 Å². The molecule has 1 aromatic carbocycles. The minimum atomic E-state index is -4.00. The summed E-state index contributed by atoms with van der Waals surface area (Å²) in [5, 5.41) is 18.5. The Morgan fingerprint density at radius 2 is 2.09 bits per heavy atom. The molecule has 0 amide bonds. The van der Waals surface area contributed by atoms with Gasteiger partial charge in [-0.05, 0) is 31.9 Å². The number of nitriles is 1. The lowest BCUT2D eigenvalue weighted by molar-refractivity contribution is -0.142. The molecule has 1 heterocycles. The molecule has 0 aliphatic carbocycles. The second-order valence-corrected chi connectivity index (χ2v) is 7.19. The largest absolute Gasteiger partial charge is 0.480 e. The Labute approximate surface area is 134 Å². The van der Waals surface area contributed by atoms with E-state index in [1.165, 1.54) is 12.1 Å². The molecule has 2 N–H and O–H groups in total. The number of ether oxygens (including phenoxy) is 1. The maximum atomic E-state index is 12.4. The van der Waals surface area contributed by atoms with Gasteiger partial charge in [0.1, 0.15) is 12.1 Å². The monoisotopic (exact) mass is 338 g/mol. The average Bonchev–Trinajstić information content (AvgIpc) is 2.53. The van der Waals surface area contributed by atoms with E-state index in [4.69, 9.17) is 10.00 Å². The Hall–Kier alpha value is -1.95. The summed E-state index contributed by atoms with van der Waals surface area (Å²) in [6.07, 6.45) is 0.0513. The Morgan fingerprint density at radius 1 is 1.43 bits per heavy atom. The first-order valence-corrected chi connectivity index (χ1v) is 8.66. The molecule has 0 spiro atoms. The average molecular weight is 338 g/mol. The van der Waals surface area contributed by atoms with Crippen LogP contribution in [0.2, 0.25) is 0 Å². The Balaban J connectivity index is 2.27. The lowest BCUT2D eigenvalue weighted by Crippen LogP contribution is -2.51. The third kappa shape index (κ3) is 4.07. The third-order valence-corrected chi connectivity index (χ3v) is 5.26. The highest BCUT2D eigenvalue weighted by Crippen LogP contribution is 2.25. The van der Waals surface area contributed by atoms with Gasteiger partial charge in [0, 0.05) is 12.5 Å². The molecule has 3 atom stereocenters. The van der Waals surface area contributed by atoms with Gasteiger partial charge in [0.2, 0.25) is 10.0 Å². The van der Waals surface area contributed by atoms with Gasteiger partial charge >= 0.3 is 5.97 Å². The summed E-state index contributed by atoms with van der Waals surface area (Å²) >= 11 is 0. The van der Waals surface area contributed by atoms with E-state index in [2.05, 4.69) is 4.72 Å². The van der Waals surface area contributed by atoms with Crippen LogP contribution in [-0.2, 0) is 19.6 Å². The zero-order valence-electron chi connectivity index (χ0n) is 12.6. The number of hydrogen-bond donors (Lipinski definition) is 2. The van der Waals surface area contributed by atoms with Crippen LogP contribution >= 0.6 is 0 Å². The lowest BCUT2D eigenvalue weighted by Gasteiger charge is -2.31. The SMILES string of the molecule is Cc1ccc(S(=O)(=O)NC(C(=O)O)[C@@H]2CCCO[C@@H]2C#N)cc1. The molecular formula is C15H18N2O5S. The highest BCUT2D eigenvalue weighted by atomic mass is 32.2. The second kappa shape index (κ2) is 7.08. The van der Waals surface area contributed by atoms with Crippen molar-refractivity contribution >= 4 is 16.0 Å². The molecule has 1 unspecified atom stereocenters. The maximum absolute atomic E-state index is 12.4. The predicted molar refractivity (Wildman–Crippen MR) is 81.0 cm³/mol. The van der Waals surface area contributed by atoms with E-state index >= 15 is 0 Å². The lowest BCUT2D eigenvalue weighted by atomic mass is 9.88. The van der Waals surface area contributed by atoms with Crippen LogP contribution in [0.4, 0.5) is 0 Å². The molecule has 8 heteroatoms. The zero-order chi connectivity index (χ0) is 17.0. The molecule has 23 heavy (non-hydrogen) atoms. The fourth-order valence-electron chi connectivity index (χ4n) is 2.55. The van der Waals surface area contributed by atoms with Crippen molar-refractivity contribution in [2.75, 3.05) is 6.61 Å². The van der Waals surface area contributed by atoms with Gasteiger partial charge in [0.05, 0.1) is 11.0 Å². The molecule has 1 aliphatic rings. The number of carboxylic acid groups (broad SMARTS) is 1. The highest BCUT2D eigenvalue weighted by molar-refractivity contribution is 7.89. The van der Waals surface area contributed by atoms with Crippen LogP contribution in [0.1, 0.15) is 18.4 Å². The Morgan fingerprint density at radius 3 is 2.65 bits per heavy atom. The summed E-state index contributed by atoms with van der Waals surface area (Å²) in [4.78, 5) is 11.5. The van der Waals surface area contributed by atoms with Gasteiger partial charge in [-0.1, -0.05) is 17.7 Å². The predicted octanol–water partition coefficient (Wildman–Crippen LogP) is 1.05. The first-order chi connectivity index (χ1) is 10.8. The van der Waals surface area contributed by atoms with Crippen LogP contribution in [0.3, 0.4) is 0 Å². The van der Waals surface area contributed by atoms with E-state index in [1.54, 1.807) is 12.1 Å². The number of benzene rings is 1. The number of aryl methyl sites for hydroxylation is 1. The number of nitrogens with one attached hydrogen (secondary N) is 1. The molecule has 2 rings (SSSR count). The van der Waals surface area contributed by atoms with Gasteiger partial charge in [0.25, 0.3) is 0 Å². The van der Waals surface area contributed by atoms with Crippen molar-refractivity contribution < 1.29 is 23.1 Å². The molecule has 0 radical (unpaired) electrons. The van der Waals surface area contributed by atoms with E-state index in [1.807, 2.05) is 13.0 Å². The number of rotatable bonds is 5. The van der Waals surface area contributed by atoms with Crippen LogP contribution < -0.4 is 4.72 Å².